The number of rotatable bonds is 10. The van der Waals surface area contributed by atoms with Crippen molar-refractivity contribution in [3.8, 4) is 17.2 Å². The maximum Gasteiger partial charge on any atom is 0.244 e. The lowest BCUT2D eigenvalue weighted by molar-refractivity contribution is -0.120. The number of hydrazone groups is 1. The molecular weight excluding hydrogens is 471 g/mol. The first kappa shape index (κ1) is 21.7. The molecule has 0 atom stereocenters. The van der Waals surface area contributed by atoms with Gasteiger partial charge in [-0.3, -0.25) is 4.79 Å². The monoisotopic (exact) mass is 494 g/mol. The average Bonchev–Trinajstić information content (AvgIpc) is 2.68. The highest BCUT2D eigenvalue weighted by molar-refractivity contribution is 14.1. The number of halogens is 1. The van der Waals surface area contributed by atoms with Crippen LogP contribution in [0.2, 0.25) is 0 Å². The molecule has 2 rings (SSSR count). The number of nitrogens with zero attached hydrogens (tertiary/aromatic N) is 1. The number of hydrogen-bond donors (Lipinski definition) is 1. The van der Waals surface area contributed by atoms with Gasteiger partial charge in [0.05, 0.1) is 29.9 Å². The Balaban J connectivity index is 1.96. The molecule has 0 aliphatic heterocycles. The molecule has 0 fully saturated rings. The number of benzene rings is 2. The number of ether oxygens (including phenoxy) is 3. The number of nitrogens with one attached hydrogen (secondary N) is 1. The molecule has 1 amide bonds. The predicted octanol–water partition coefficient (Wildman–Crippen LogP) is 3.96. The summed E-state index contributed by atoms with van der Waals surface area (Å²) in [5.41, 5.74) is 4.21. The molecule has 0 spiro atoms. The number of carbonyl (C=O) groups excluding carboxylic acids is 1. The molecule has 0 aromatic heterocycles. The lowest BCUT2D eigenvalue weighted by Crippen LogP contribution is -2.19. The van der Waals surface area contributed by atoms with Gasteiger partial charge in [0.2, 0.25) is 5.91 Å². The van der Waals surface area contributed by atoms with E-state index < -0.39 is 0 Å². The Hall–Kier alpha value is -2.55. The summed E-state index contributed by atoms with van der Waals surface area (Å²) in [7, 11) is 1.58. The largest absolute Gasteiger partial charge is 0.494 e. The summed E-state index contributed by atoms with van der Waals surface area (Å²) in [6, 6.07) is 11.1. The first-order valence-corrected chi connectivity index (χ1v) is 9.80. The number of hydrogen-bond acceptors (Lipinski definition) is 5. The summed E-state index contributed by atoms with van der Waals surface area (Å²) < 4.78 is 17.3. The Morgan fingerprint density at radius 2 is 2.00 bits per heavy atom. The summed E-state index contributed by atoms with van der Waals surface area (Å²) in [6.45, 7) is 6.57. The van der Waals surface area contributed by atoms with E-state index in [2.05, 4.69) is 39.7 Å². The lowest BCUT2D eigenvalue weighted by Gasteiger charge is -2.12. The molecule has 7 heteroatoms. The molecule has 0 heterocycles. The van der Waals surface area contributed by atoms with Crippen molar-refractivity contribution in [2.24, 2.45) is 5.10 Å². The highest BCUT2D eigenvalue weighted by atomic mass is 127. The molecule has 28 heavy (non-hydrogen) atoms. The van der Waals surface area contributed by atoms with Crippen molar-refractivity contribution in [1.29, 1.82) is 0 Å². The molecule has 2 aromatic carbocycles. The fraction of sp³-hybridized carbons (Fsp3) is 0.238. The van der Waals surface area contributed by atoms with Crippen LogP contribution in [-0.4, -0.2) is 32.4 Å². The van der Waals surface area contributed by atoms with E-state index in [1.165, 1.54) is 0 Å². The second kappa shape index (κ2) is 11.3. The third-order valence-electron chi connectivity index (χ3n) is 3.60. The summed E-state index contributed by atoms with van der Waals surface area (Å²) in [5.74, 6) is 1.83. The van der Waals surface area contributed by atoms with Crippen molar-refractivity contribution in [3.05, 3.63) is 63.8 Å². The second-order valence-electron chi connectivity index (χ2n) is 5.68. The van der Waals surface area contributed by atoms with Gasteiger partial charge in [0, 0.05) is 0 Å². The average molecular weight is 494 g/mol. The van der Waals surface area contributed by atoms with E-state index in [1.807, 2.05) is 37.3 Å². The summed E-state index contributed by atoms with van der Waals surface area (Å²) in [6.07, 6.45) is 3.47. The molecule has 0 radical (unpaired) electrons. The van der Waals surface area contributed by atoms with E-state index in [-0.39, 0.29) is 12.3 Å². The minimum atomic E-state index is -0.201. The first-order chi connectivity index (χ1) is 13.6. The van der Waals surface area contributed by atoms with Gasteiger partial charge in [-0.05, 0) is 64.9 Å². The molecule has 0 bridgehead atoms. The van der Waals surface area contributed by atoms with Crippen LogP contribution < -0.4 is 19.6 Å². The first-order valence-electron chi connectivity index (χ1n) is 8.72. The van der Waals surface area contributed by atoms with Crippen LogP contribution in [0.3, 0.4) is 0 Å². The molecule has 0 aliphatic rings. The van der Waals surface area contributed by atoms with Gasteiger partial charge in [0.25, 0.3) is 0 Å². The molecule has 148 valence electrons. The van der Waals surface area contributed by atoms with Crippen LogP contribution in [0.4, 0.5) is 0 Å². The quantitative estimate of drug-likeness (QED) is 0.235. The van der Waals surface area contributed by atoms with Gasteiger partial charge >= 0.3 is 0 Å². The molecule has 1 N–H and O–H groups in total. The van der Waals surface area contributed by atoms with Crippen molar-refractivity contribution in [2.45, 2.75) is 13.3 Å². The van der Waals surface area contributed by atoms with E-state index >= 15 is 0 Å². The molecule has 6 nitrogen and oxygen atoms in total. The van der Waals surface area contributed by atoms with Crippen molar-refractivity contribution < 1.29 is 19.0 Å². The highest BCUT2D eigenvalue weighted by Gasteiger charge is 2.10. The Labute approximate surface area is 178 Å². The van der Waals surface area contributed by atoms with Gasteiger partial charge in [-0.15, -0.1) is 0 Å². The van der Waals surface area contributed by atoms with Gasteiger partial charge in [-0.25, -0.2) is 5.43 Å². The predicted molar refractivity (Wildman–Crippen MR) is 118 cm³/mol. The minimum Gasteiger partial charge on any atom is -0.494 e. The van der Waals surface area contributed by atoms with Crippen molar-refractivity contribution >= 4 is 34.7 Å². The second-order valence-corrected chi connectivity index (χ2v) is 6.84. The number of methoxy groups -OCH3 is 1. The van der Waals surface area contributed by atoms with Gasteiger partial charge in [-0.2, -0.15) is 5.10 Å². The number of amides is 1. The fourth-order valence-corrected chi connectivity index (χ4v) is 3.15. The molecular formula is C21H23IN2O4. The van der Waals surface area contributed by atoms with Crippen LogP contribution in [0.1, 0.15) is 18.1 Å². The highest BCUT2D eigenvalue weighted by Crippen LogP contribution is 2.33. The molecule has 0 saturated heterocycles. The molecule has 0 unspecified atom stereocenters. The van der Waals surface area contributed by atoms with Gasteiger partial charge in [0.15, 0.2) is 11.5 Å². The van der Waals surface area contributed by atoms with Crippen LogP contribution in [-0.2, 0) is 11.2 Å². The van der Waals surface area contributed by atoms with Crippen LogP contribution in [0.15, 0.2) is 54.2 Å². The maximum absolute atomic E-state index is 12.1. The maximum atomic E-state index is 12.1. The van der Waals surface area contributed by atoms with Gasteiger partial charge < -0.3 is 14.2 Å². The Morgan fingerprint density at radius 3 is 2.64 bits per heavy atom. The fourth-order valence-electron chi connectivity index (χ4n) is 2.37. The number of carbonyl (C=O) groups is 1. The molecule has 2 aromatic rings. The molecule has 0 saturated carbocycles. The van der Waals surface area contributed by atoms with E-state index in [0.717, 1.165) is 20.4 Å². The zero-order valence-electron chi connectivity index (χ0n) is 15.9. The van der Waals surface area contributed by atoms with Gasteiger partial charge in [-0.1, -0.05) is 24.8 Å². The van der Waals surface area contributed by atoms with E-state index in [9.17, 15) is 4.79 Å². The zero-order valence-corrected chi connectivity index (χ0v) is 18.1. The van der Waals surface area contributed by atoms with Crippen molar-refractivity contribution in [3.63, 3.8) is 0 Å². The van der Waals surface area contributed by atoms with Crippen LogP contribution in [0, 0.1) is 3.57 Å². The van der Waals surface area contributed by atoms with Gasteiger partial charge in [0.1, 0.15) is 12.4 Å². The third-order valence-corrected chi connectivity index (χ3v) is 4.40. The van der Waals surface area contributed by atoms with Crippen molar-refractivity contribution in [1.82, 2.24) is 5.43 Å². The Kier molecular flexibility index (Phi) is 8.80. The Morgan fingerprint density at radius 1 is 1.25 bits per heavy atom. The summed E-state index contributed by atoms with van der Waals surface area (Å²) >= 11 is 2.16. The minimum absolute atomic E-state index is 0.201. The summed E-state index contributed by atoms with van der Waals surface area (Å²) in [4.78, 5) is 12.1. The van der Waals surface area contributed by atoms with E-state index in [4.69, 9.17) is 14.2 Å². The van der Waals surface area contributed by atoms with Crippen molar-refractivity contribution in [2.75, 3.05) is 20.3 Å². The summed E-state index contributed by atoms with van der Waals surface area (Å²) in [5, 5.41) is 4.03. The normalized spacial score (nSPS) is 10.5. The van der Waals surface area contributed by atoms with Crippen LogP contribution in [0.25, 0.3) is 0 Å². The smallest absolute Gasteiger partial charge is 0.244 e. The standard InChI is InChI=1S/C21H23IN2O4/c1-4-10-28-21-18(22)11-16(12-19(21)26-3)14-23-24-20(25)13-15-6-8-17(9-7-15)27-5-2/h4,6-9,11-12,14H,1,5,10,13H2,2-3H3,(H,24,25)/b23-14-. The topological polar surface area (TPSA) is 69.2 Å². The van der Waals surface area contributed by atoms with Crippen LogP contribution in [0.5, 0.6) is 17.2 Å². The zero-order chi connectivity index (χ0) is 20.4. The van der Waals surface area contributed by atoms with E-state index in [1.54, 1.807) is 25.5 Å². The SMILES string of the molecule is C=CCOc1c(I)cc(/C=N\NC(=O)Cc2ccc(OCC)cc2)cc1OC. The lowest BCUT2D eigenvalue weighted by atomic mass is 10.1. The molecule has 0 aliphatic carbocycles. The third kappa shape index (κ3) is 6.56. The van der Waals surface area contributed by atoms with E-state index in [0.29, 0.717) is 24.7 Å². The van der Waals surface area contributed by atoms with Crippen LogP contribution >= 0.6 is 22.6 Å². The Bertz CT molecular complexity index is 835.